The normalized spacial score (nSPS) is 20.0. The zero-order valence-corrected chi connectivity index (χ0v) is 16.1. The Morgan fingerprint density at radius 1 is 1.12 bits per heavy atom. The second-order valence-electron chi connectivity index (χ2n) is 6.76. The summed E-state index contributed by atoms with van der Waals surface area (Å²) in [4.78, 5) is 28.4. The quantitative estimate of drug-likeness (QED) is 0.896. The minimum atomic E-state index is -0.0699. The molecule has 0 saturated carbocycles. The van der Waals surface area contributed by atoms with Crippen molar-refractivity contribution in [2.45, 2.75) is 39.5 Å². The van der Waals surface area contributed by atoms with Crippen LogP contribution in [0.3, 0.4) is 0 Å². The minimum Gasteiger partial charge on any atom is -0.372 e. The van der Waals surface area contributed by atoms with Gasteiger partial charge in [-0.25, -0.2) is 0 Å². The lowest BCUT2D eigenvalue weighted by atomic mass is 10.1. The van der Waals surface area contributed by atoms with Crippen molar-refractivity contribution >= 4 is 23.2 Å². The van der Waals surface area contributed by atoms with Crippen molar-refractivity contribution in [3.8, 4) is 0 Å². The number of amides is 2. The summed E-state index contributed by atoms with van der Waals surface area (Å²) in [6, 6.07) is 11.2. The highest BCUT2D eigenvalue weighted by Gasteiger charge is 2.26. The van der Waals surface area contributed by atoms with E-state index in [4.69, 9.17) is 4.74 Å². The van der Waals surface area contributed by atoms with Crippen molar-refractivity contribution in [1.29, 1.82) is 0 Å². The minimum absolute atomic E-state index is 0.0247. The highest BCUT2D eigenvalue weighted by Crippen LogP contribution is 2.16. The Morgan fingerprint density at radius 3 is 2.35 bits per heavy atom. The third-order valence-electron chi connectivity index (χ3n) is 4.32. The van der Waals surface area contributed by atoms with Gasteiger partial charge < -0.3 is 15.0 Å². The van der Waals surface area contributed by atoms with E-state index in [1.807, 2.05) is 62.1 Å². The first kappa shape index (κ1) is 18.6. The predicted octanol–water partition coefficient (Wildman–Crippen LogP) is 3.24. The summed E-state index contributed by atoms with van der Waals surface area (Å²) in [5.41, 5.74) is 1.63. The molecule has 0 radical (unpaired) electrons. The van der Waals surface area contributed by atoms with Gasteiger partial charge in [-0.2, -0.15) is 0 Å². The summed E-state index contributed by atoms with van der Waals surface area (Å²) in [5.74, 6) is -0.0452. The van der Waals surface area contributed by atoms with E-state index in [1.165, 1.54) is 11.3 Å². The summed E-state index contributed by atoms with van der Waals surface area (Å²) in [6.07, 6.45) is 0.108. The Bertz CT molecular complexity index is 775. The standard InChI is InChI=1S/C20H24N2O3S/c1-13-11-22(12-14(2)25-13)20(24)17-7-5-16(6-8-17)10-21-19(23)18-9-4-15(3)26-18/h4-9,13-14H,10-12H2,1-3H3,(H,21,23)/t13-,14+. The maximum Gasteiger partial charge on any atom is 0.261 e. The van der Waals surface area contributed by atoms with Crippen molar-refractivity contribution in [3.63, 3.8) is 0 Å². The molecule has 2 amide bonds. The number of ether oxygens (including phenoxy) is 1. The summed E-state index contributed by atoms with van der Waals surface area (Å²) >= 11 is 1.48. The van der Waals surface area contributed by atoms with Gasteiger partial charge in [0.2, 0.25) is 0 Å². The molecule has 3 rings (SSSR count). The largest absolute Gasteiger partial charge is 0.372 e. The molecule has 1 aliphatic rings. The van der Waals surface area contributed by atoms with Crippen LogP contribution in [0.4, 0.5) is 0 Å². The average Bonchev–Trinajstić information content (AvgIpc) is 3.05. The molecular weight excluding hydrogens is 348 g/mol. The molecule has 5 nitrogen and oxygen atoms in total. The fourth-order valence-corrected chi connectivity index (χ4v) is 3.90. The Balaban J connectivity index is 1.58. The van der Waals surface area contributed by atoms with E-state index in [0.29, 0.717) is 30.1 Å². The number of rotatable bonds is 4. The number of benzene rings is 1. The Morgan fingerprint density at radius 2 is 1.77 bits per heavy atom. The molecule has 0 aliphatic carbocycles. The van der Waals surface area contributed by atoms with Crippen LogP contribution in [0.2, 0.25) is 0 Å². The van der Waals surface area contributed by atoms with Crippen molar-refractivity contribution in [3.05, 3.63) is 57.3 Å². The molecule has 0 bridgehead atoms. The average molecular weight is 372 g/mol. The first-order valence-electron chi connectivity index (χ1n) is 8.80. The third-order valence-corrected chi connectivity index (χ3v) is 5.32. The fourth-order valence-electron chi connectivity index (χ4n) is 3.12. The number of nitrogens with zero attached hydrogens (tertiary/aromatic N) is 1. The number of hydrogen-bond acceptors (Lipinski definition) is 4. The van der Waals surface area contributed by atoms with Crippen LogP contribution in [0.5, 0.6) is 0 Å². The molecule has 2 aromatic rings. The number of carbonyl (C=O) groups is 2. The molecule has 0 unspecified atom stereocenters. The SMILES string of the molecule is Cc1ccc(C(=O)NCc2ccc(C(=O)N3C[C@@H](C)O[C@@H](C)C3)cc2)s1. The molecule has 2 heterocycles. The summed E-state index contributed by atoms with van der Waals surface area (Å²) in [5, 5.41) is 2.91. The van der Waals surface area contributed by atoms with E-state index in [-0.39, 0.29) is 24.0 Å². The van der Waals surface area contributed by atoms with Crippen LogP contribution in [0.15, 0.2) is 36.4 Å². The molecule has 1 aromatic carbocycles. The molecule has 1 N–H and O–H groups in total. The molecule has 0 spiro atoms. The van der Waals surface area contributed by atoms with Gasteiger partial charge in [-0.1, -0.05) is 12.1 Å². The molecule has 6 heteroatoms. The van der Waals surface area contributed by atoms with Gasteiger partial charge in [-0.05, 0) is 50.6 Å². The summed E-state index contributed by atoms with van der Waals surface area (Å²) in [6.45, 7) is 7.61. The number of hydrogen-bond donors (Lipinski definition) is 1. The Kier molecular flexibility index (Phi) is 5.74. The van der Waals surface area contributed by atoms with Gasteiger partial charge in [0, 0.05) is 30.1 Å². The lowest BCUT2D eigenvalue weighted by molar-refractivity contribution is -0.0586. The number of carbonyl (C=O) groups excluding carboxylic acids is 2. The van der Waals surface area contributed by atoms with Crippen LogP contribution in [-0.4, -0.2) is 42.0 Å². The van der Waals surface area contributed by atoms with Crippen LogP contribution in [0.25, 0.3) is 0 Å². The van der Waals surface area contributed by atoms with Gasteiger partial charge >= 0.3 is 0 Å². The third kappa shape index (κ3) is 4.51. The van der Waals surface area contributed by atoms with Gasteiger partial charge in [-0.15, -0.1) is 11.3 Å². The molecule has 1 aromatic heterocycles. The highest BCUT2D eigenvalue weighted by molar-refractivity contribution is 7.13. The van der Waals surface area contributed by atoms with Gasteiger partial charge in [0.1, 0.15) is 0 Å². The molecule has 1 saturated heterocycles. The van der Waals surface area contributed by atoms with Gasteiger partial charge in [0.05, 0.1) is 17.1 Å². The molecular formula is C20H24N2O3S. The van der Waals surface area contributed by atoms with Crippen LogP contribution in [0.1, 0.15) is 44.3 Å². The predicted molar refractivity (Wildman–Crippen MR) is 103 cm³/mol. The lowest BCUT2D eigenvalue weighted by Gasteiger charge is -2.35. The monoisotopic (exact) mass is 372 g/mol. The molecule has 2 atom stereocenters. The van der Waals surface area contributed by atoms with E-state index in [1.54, 1.807) is 0 Å². The number of morpholine rings is 1. The first-order valence-corrected chi connectivity index (χ1v) is 9.62. The van der Waals surface area contributed by atoms with Crippen molar-refractivity contribution in [2.24, 2.45) is 0 Å². The highest BCUT2D eigenvalue weighted by atomic mass is 32.1. The topological polar surface area (TPSA) is 58.6 Å². The van der Waals surface area contributed by atoms with E-state index in [0.717, 1.165) is 10.4 Å². The van der Waals surface area contributed by atoms with Gasteiger partial charge in [0.25, 0.3) is 11.8 Å². The maximum atomic E-state index is 12.7. The van der Waals surface area contributed by atoms with Gasteiger partial charge in [0.15, 0.2) is 0 Å². The maximum absolute atomic E-state index is 12.7. The zero-order chi connectivity index (χ0) is 18.7. The second-order valence-corrected chi connectivity index (χ2v) is 8.05. The molecule has 1 fully saturated rings. The zero-order valence-electron chi connectivity index (χ0n) is 15.3. The smallest absolute Gasteiger partial charge is 0.261 e. The van der Waals surface area contributed by atoms with E-state index in [2.05, 4.69) is 5.32 Å². The van der Waals surface area contributed by atoms with Gasteiger partial charge in [-0.3, -0.25) is 9.59 Å². The second kappa shape index (κ2) is 8.01. The molecule has 1 aliphatic heterocycles. The molecule has 138 valence electrons. The van der Waals surface area contributed by atoms with Crippen LogP contribution in [0, 0.1) is 6.92 Å². The first-order chi connectivity index (χ1) is 12.4. The number of nitrogens with one attached hydrogen (secondary N) is 1. The Labute approximate surface area is 158 Å². The van der Waals surface area contributed by atoms with Crippen molar-refractivity contribution < 1.29 is 14.3 Å². The van der Waals surface area contributed by atoms with E-state index >= 15 is 0 Å². The van der Waals surface area contributed by atoms with Crippen LogP contribution >= 0.6 is 11.3 Å². The number of thiophene rings is 1. The Hall–Kier alpha value is -2.18. The lowest BCUT2D eigenvalue weighted by Crippen LogP contribution is -2.48. The van der Waals surface area contributed by atoms with E-state index in [9.17, 15) is 9.59 Å². The van der Waals surface area contributed by atoms with Crippen molar-refractivity contribution in [2.75, 3.05) is 13.1 Å². The van der Waals surface area contributed by atoms with Crippen molar-refractivity contribution in [1.82, 2.24) is 10.2 Å². The van der Waals surface area contributed by atoms with Crippen LogP contribution < -0.4 is 5.32 Å². The van der Waals surface area contributed by atoms with E-state index < -0.39 is 0 Å². The van der Waals surface area contributed by atoms with Crippen LogP contribution in [-0.2, 0) is 11.3 Å². The fraction of sp³-hybridized carbons (Fsp3) is 0.400. The summed E-state index contributed by atoms with van der Waals surface area (Å²) < 4.78 is 5.68. The number of aryl methyl sites for hydroxylation is 1. The molecule has 26 heavy (non-hydrogen) atoms. The summed E-state index contributed by atoms with van der Waals surface area (Å²) in [7, 11) is 0.